The van der Waals surface area contributed by atoms with Gasteiger partial charge in [-0.1, -0.05) is 12.1 Å². The molecule has 0 aliphatic heterocycles. The lowest BCUT2D eigenvalue weighted by atomic mass is 10.1. The van der Waals surface area contributed by atoms with Crippen LogP contribution in [0.3, 0.4) is 0 Å². The summed E-state index contributed by atoms with van der Waals surface area (Å²) in [6.45, 7) is 2.29. The number of halogens is 3. The highest BCUT2D eigenvalue weighted by Crippen LogP contribution is 2.29. The lowest BCUT2D eigenvalue weighted by Crippen LogP contribution is -2.02. The zero-order valence-corrected chi connectivity index (χ0v) is 13.3. The molecular formula is C14H12Br2FNO. The molecule has 0 unspecified atom stereocenters. The molecular weight excluding hydrogens is 377 g/mol. The van der Waals surface area contributed by atoms with Crippen LogP contribution in [0.5, 0.6) is 5.75 Å². The van der Waals surface area contributed by atoms with Gasteiger partial charge in [0.25, 0.3) is 0 Å². The molecule has 0 aliphatic rings. The van der Waals surface area contributed by atoms with Crippen LogP contribution in [0.1, 0.15) is 11.1 Å². The number of hydrogen-bond donors (Lipinski definition) is 2. The average Bonchev–Trinajstić information content (AvgIpc) is 2.37. The van der Waals surface area contributed by atoms with E-state index in [0.29, 0.717) is 15.5 Å². The summed E-state index contributed by atoms with van der Waals surface area (Å²) < 4.78 is 14.4. The van der Waals surface area contributed by atoms with Crippen LogP contribution in [0.15, 0.2) is 39.3 Å². The van der Waals surface area contributed by atoms with Crippen LogP contribution in [0.2, 0.25) is 0 Å². The summed E-state index contributed by atoms with van der Waals surface area (Å²) in [6.07, 6.45) is 0. The number of aryl methyl sites for hydroxylation is 1. The van der Waals surface area contributed by atoms with Crippen LogP contribution < -0.4 is 5.32 Å². The van der Waals surface area contributed by atoms with Gasteiger partial charge in [0.2, 0.25) is 0 Å². The second-order valence-corrected chi connectivity index (χ2v) is 5.89. The fraction of sp³-hybridized carbons (Fsp3) is 0.143. The van der Waals surface area contributed by atoms with Crippen molar-refractivity contribution in [3.63, 3.8) is 0 Å². The van der Waals surface area contributed by atoms with E-state index in [0.717, 1.165) is 16.8 Å². The molecule has 5 heteroatoms. The van der Waals surface area contributed by atoms with E-state index in [4.69, 9.17) is 0 Å². The van der Waals surface area contributed by atoms with Gasteiger partial charge in [-0.05, 0) is 62.5 Å². The van der Waals surface area contributed by atoms with Crippen molar-refractivity contribution in [3.8, 4) is 5.75 Å². The molecule has 2 aromatic rings. The van der Waals surface area contributed by atoms with E-state index in [9.17, 15) is 9.50 Å². The molecule has 2 aromatic carbocycles. The number of benzene rings is 2. The summed E-state index contributed by atoms with van der Waals surface area (Å²) >= 11 is 6.43. The van der Waals surface area contributed by atoms with Gasteiger partial charge in [0.15, 0.2) is 0 Å². The quantitative estimate of drug-likeness (QED) is 0.777. The summed E-state index contributed by atoms with van der Waals surface area (Å²) in [5, 5.41) is 13.1. The largest absolute Gasteiger partial charge is 0.506 e. The normalized spacial score (nSPS) is 10.5. The Morgan fingerprint density at radius 3 is 2.68 bits per heavy atom. The molecule has 2 N–H and O–H groups in total. The molecule has 0 heterocycles. The maximum absolute atomic E-state index is 13.3. The molecule has 100 valence electrons. The Bertz CT molecular complexity index is 617. The molecule has 0 spiro atoms. The maximum Gasteiger partial charge on any atom is 0.137 e. The molecule has 0 saturated heterocycles. The van der Waals surface area contributed by atoms with Gasteiger partial charge in [0, 0.05) is 17.8 Å². The molecule has 0 bridgehead atoms. The summed E-state index contributed by atoms with van der Waals surface area (Å²) in [5.41, 5.74) is 2.41. The van der Waals surface area contributed by atoms with E-state index < -0.39 is 0 Å². The fourth-order valence-corrected chi connectivity index (χ4v) is 2.48. The number of nitrogens with one attached hydrogen (secondary N) is 1. The van der Waals surface area contributed by atoms with Crippen LogP contribution in [0.4, 0.5) is 10.1 Å². The van der Waals surface area contributed by atoms with Gasteiger partial charge in [-0.15, -0.1) is 0 Å². The predicted octanol–water partition coefficient (Wildman–Crippen LogP) is 4.98. The van der Waals surface area contributed by atoms with E-state index in [1.807, 2.05) is 19.1 Å². The molecule has 0 radical (unpaired) electrons. The SMILES string of the molecule is Cc1cc(F)c(Br)cc1NCc1cccc(Br)c1O. The Labute approximate surface area is 127 Å². The Kier molecular flexibility index (Phi) is 4.47. The second-order valence-electron chi connectivity index (χ2n) is 4.18. The summed E-state index contributed by atoms with van der Waals surface area (Å²) in [5.74, 6) is -0.0674. The van der Waals surface area contributed by atoms with E-state index in [1.54, 1.807) is 12.1 Å². The number of para-hydroxylation sites is 1. The number of aromatic hydroxyl groups is 1. The predicted molar refractivity (Wildman–Crippen MR) is 82.0 cm³/mol. The minimum absolute atomic E-state index is 0.217. The zero-order chi connectivity index (χ0) is 14.0. The van der Waals surface area contributed by atoms with E-state index >= 15 is 0 Å². The monoisotopic (exact) mass is 387 g/mol. The molecule has 0 aromatic heterocycles. The van der Waals surface area contributed by atoms with Crippen LogP contribution in [0.25, 0.3) is 0 Å². The third-order valence-corrected chi connectivity index (χ3v) is 4.05. The molecule has 2 nitrogen and oxygen atoms in total. The van der Waals surface area contributed by atoms with Crippen molar-refractivity contribution in [2.24, 2.45) is 0 Å². The first-order valence-electron chi connectivity index (χ1n) is 5.65. The Morgan fingerprint density at radius 1 is 1.21 bits per heavy atom. The van der Waals surface area contributed by atoms with Gasteiger partial charge >= 0.3 is 0 Å². The van der Waals surface area contributed by atoms with E-state index in [2.05, 4.69) is 37.2 Å². The average molecular weight is 389 g/mol. The number of hydrogen-bond acceptors (Lipinski definition) is 2. The first kappa shape index (κ1) is 14.3. The minimum Gasteiger partial charge on any atom is -0.506 e. The summed E-state index contributed by atoms with van der Waals surface area (Å²) in [4.78, 5) is 0. The zero-order valence-electron chi connectivity index (χ0n) is 10.2. The second kappa shape index (κ2) is 5.92. The lowest BCUT2D eigenvalue weighted by molar-refractivity contribution is 0.465. The van der Waals surface area contributed by atoms with Crippen LogP contribution >= 0.6 is 31.9 Å². The smallest absolute Gasteiger partial charge is 0.137 e. The number of phenolic OH excluding ortho intramolecular Hbond substituents is 1. The van der Waals surface area contributed by atoms with E-state index in [-0.39, 0.29) is 11.6 Å². The molecule has 0 fully saturated rings. The molecule has 0 atom stereocenters. The van der Waals surface area contributed by atoms with Crippen molar-refractivity contribution in [2.45, 2.75) is 13.5 Å². The maximum atomic E-state index is 13.3. The summed E-state index contributed by atoms with van der Waals surface area (Å²) in [7, 11) is 0. The minimum atomic E-state index is -0.284. The first-order chi connectivity index (χ1) is 8.99. The van der Waals surface area contributed by atoms with Gasteiger partial charge in [-0.25, -0.2) is 4.39 Å². The van der Waals surface area contributed by atoms with Crippen LogP contribution in [0, 0.1) is 12.7 Å². The Hall–Kier alpha value is -1.07. The first-order valence-corrected chi connectivity index (χ1v) is 7.23. The van der Waals surface area contributed by atoms with Crippen LogP contribution in [-0.2, 0) is 6.54 Å². The highest BCUT2D eigenvalue weighted by molar-refractivity contribution is 9.10. The third kappa shape index (κ3) is 3.28. The topological polar surface area (TPSA) is 32.3 Å². The van der Waals surface area contributed by atoms with Gasteiger partial charge in [0.1, 0.15) is 11.6 Å². The number of rotatable bonds is 3. The fourth-order valence-electron chi connectivity index (χ4n) is 1.73. The number of phenols is 1. The number of anilines is 1. The van der Waals surface area contributed by atoms with Gasteiger partial charge in [-0.3, -0.25) is 0 Å². The van der Waals surface area contributed by atoms with Crippen molar-refractivity contribution in [1.29, 1.82) is 0 Å². The molecule has 0 saturated carbocycles. The van der Waals surface area contributed by atoms with E-state index in [1.165, 1.54) is 6.07 Å². The molecule has 19 heavy (non-hydrogen) atoms. The van der Waals surface area contributed by atoms with Gasteiger partial charge in [-0.2, -0.15) is 0 Å². The Balaban J connectivity index is 2.19. The van der Waals surface area contributed by atoms with Crippen molar-refractivity contribution < 1.29 is 9.50 Å². The van der Waals surface area contributed by atoms with Crippen molar-refractivity contribution >= 4 is 37.5 Å². The van der Waals surface area contributed by atoms with Crippen molar-refractivity contribution in [3.05, 3.63) is 56.2 Å². The molecule has 0 aliphatic carbocycles. The lowest BCUT2D eigenvalue weighted by Gasteiger charge is -2.12. The Morgan fingerprint density at radius 2 is 1.95 bits per heavy atom. The van der Waals surface area contributed by atoms with Crippen molar-refractivity contribution in [2.75, 3.05) is 5.32 Å². The highest BCUT2D eigenvalue weighted by atomic mass is 79.9. The van der Waals surface area contributed by atoms with Gasteiger partial charge in [0.05, 0.1) is 8.95 Å². The van der Waals surface area contributed by atoms with Crippen molar-refractivity contribution in [1.82, 2.24) is 0 Å². The van der Waals surface area contributed by atoms with Crippen LogP contribution in [-0.4, -0.2) is 5.11 Å². The standard InChI is InChI=1S/C14H12Br2FNO/c1-8-5-12(17)11(16)6-13(8)18-7-9-3-2-4-10(15)14(9)19/h2-6,18-19H,7H2,1H3. The highest BCUT2D eigenvalue weighted by Gasteiger charge is 2.07. The molecule has 0 amide bonds. The summed E-state index contributed by atoms with van der Waals surface area (Å²) in [6, 6.07) is 8.63. The molecule has 2 rings (SSSR count). The third-order valence-electron chi connectivity index (χ3n) is 2.81. The van der Waals surface area contributed by atoms with Gasteiger partial charge < -0.3 is 10.4 Å².